The fourth-order valence-corrected chi connectivity index (χ4v) is 4.58. The van der Waals surface area contributed by atoms with E-state index in [2.05, 4.69) is 27.1 Å². The van der Waals surface area contributed by atoms with E-state index in [0.717, 1.165) is 11.1 Å². The summed E-state index contributed by atoms with van der Waals surface area (Å²) in [5.74, 6) is 0.602. The number of halogens is 1. The second kappa shape index (κ2) is 11.8. The molecule has 0 N–H and O–H groups in total. The topological polar surface area (TPSA) is 80.6 Å². The summed E-state index contributed by atoms with van der Waals surface area (Å²) in [4.78, 5) is 34.5. The van der Waals surface area contributed by atoms with Crippen LogP contribution in [0.4, 0.5) is 4.39 Å². The van der Waals surface area contributed by atoms with Gasteiger partial charge in [-0.1, -0.05) is 42.5 Å². The van der Waals surface area contributed by atoms with Crippen molar-refractivity contribution in [3.8, 4) is 11.5 Å². The lowest BCUT2D eigenvalue weighted by molar-refractivity contribution is -0.143. The van der Waals surface area contributed by atoms with Crippen LogP contribution in [0.1, 0.15) is 11.1 Å². The Morgan fingerprint density at radius 3 is 2.29 bits per heavy atom. The van der Waals surface area contributed by atoms with Gasteiger partial charge in [-0.2, -0.15) is 5.10 Å². The Bertz CT molecular complexity index is 1350. The lowest BCUT2D eigenvalue weighted by atomic mass is 9.99. The van der Waals surface area contributed by atoms with E-state index in [1.54, 1.807) is 29.2 Å². The predicted molar refractivity (Wildman–Crippen MR) is 139 cm³/mol. The summed E-state index contributed by atoms with van der Waals surface area (Å²) in [5.41, 5.74) is 1.99. The van der Waals surface area contributed by atoms with Crippen molar-refractivity contribution >= 4 is 11.7 Å². The highest BCUT2D eigenvalue weighted by atomic mass is 19.1. The molecule has 1 fully saturated rings. The molecule has 0 saturated carbocycles. The molecule has 8 nitrogen and oxygen atoms in total. The number of hydrogen-bond donors (Lipinski definition) is 0. The molecule has 0 unspecified atom stereocenters. The monoisotopic (exact) mass is 513 g/mol. The van der Waals surface area contributed by atoms with Crippen molar-refractivity contribution in [1.82, 2.24) is 24.6 Å². The van der Waals surface area contributed by atoms with Crippen LogP contribution in [0.3, 0.4) is 0 Å². The van der Waals surface area contributed by atoms with Crippen LogP contribution in [-0.4, -0.2) is 61.9 Å². The van der Waals surface area contributed by atoms with E-state index in [4.69, 9.17) is 4.74 Å². The molecule has 1 aliphatic rings. The van der Waals surface area contributed by atoms with Crippen molar-refractivity contribution in [1.29, 1.82) is 0 Å². The van der Waals surface area contributed by atoms with Crippen LogP contribution >= 0.6 is 0 Å². The molecule has 4 aromatic rings. The third-order valence-corrected chi connectivity index (χ3v) is 6.52. The van der Waals surface area contributed by atoms with Gasteiger partial charge in [-0.05, 0) is 47.5 Å². The van der Waals surface area contributed by atoms with Gasteiger partial charge in [0.2, 0.25) is 5.91 Å². The Hall–Kier alpha value is -4.37. The van der Waals surface area contributed by atoms with E-state index in [-0.39, 0.29) is 30.5 Å². The van der Waals surface area contributed by atoms with E-state index < -0.39 is 6.04 Å². The molecule has 1 aliphatic heterocycles. The first kappa shape index (κ1) is 25.3. The first-order valence-electron chi connectivity index (χ1n) is 12.5. The Balaban J connectivity index is 1.27. The molecular weight excluding hydrogens is 485 g/mol. The second-order valence-corrected chi connectivity index (χ2v) is 9.26. The first-order valence-corrected chi connectivity index (χ1v) is 12.5. The van der Waals surface area contributed by atoms with Crippen molar-refractivity contribution in [2.75, 3.05) is 19.6 Å². The summed E-state index contributed by atoms with van der Waals surface area (Å²) < 4.78 is 20.4. The fraction of sp³-hybridized carbons (Fsp3) is 0.241. The van der Waals surface area contributed by atoms with Gasteiger partial charge in [-0.15, -0.1) is 0 Å². The zero-order valence-electron chi connectivity index (χ0n) is 20.8. The van der Waals surface area contributed by atoms with Gasteiger partial charge < -0.3 is 9.64 Å². The minimum Gasteiger partial charge on any atom is -0.457 e. The minimum atomic E-state index is -0.571. The maximum absolute atomic E-state index is 13.6. The average Bonchev–Trinajstić information content (AvgIpc) is 3.44. The minimum absolute atomic E-state index is 0.0260. The van der Waals surface area contributed by atoms with Gasteiger partial charge >= 0.3 is 0 Å². The smallest absolute Gasteiger partial charge is 0.245 e. The Morgan fingerprint density at radius 2 is 1.61 bits per heavy atom. The quantitative estimate of drug-likeness (QED) is 0.339. The number of hydrogen-bond acceptors (Lipinski definition) is 6. The molecule has 1 aromatic heterocycles. The fourth-order valence-electron chi connectivity index (χ4n) is 4.58. The lowest BCUT2D eigenvalue weighted by Crippen LogP contribution is -2.58. The molecule has 2 heterocycles. The van der Waals surface area contributed by atoms with E-state index >= 15 is 0 Å². The van der Waals surface area contributed by atoms with Gasteiger partial charge in [0.15, 0.2) is 5.78 Å². The molecule has 0 radical (unpaired) electrons. The molecule has 5 rings (SSSR count). The molecule has 9 heteroatoms. The van der Waals surface area contributed by atoms with Gasteiger partial charge in [0, 0.05) is 32.6 Å². The summed E-state index contributed by atoms with van der Waals surface area (Å²) in [6, 6.07) is 22.6. The number of ether oxygens (including phenoxy) is 1. The van der Waals surface area contributed by atoms with Crippen molar-refractivity contribution in [2.24, 2.45) is 0 Å². The predicted octanol–water partition coefficient (Wildman–Crippen LogP) is 3.73. The number of aromatic nitrogens is 3. The van der Waals surface area contributed by atoms with Crippen LogP contribution in [0.5, 0.6) is 11.5 Å². The van der Waals surface area contributed by atoms with Crippen molar-refractivity contribution in [3.05, 3.63) is 108 Å². The number of carbonyl (C=O) groups is 2. The highest BCUT2D eigenvalue weighted by molar-refractivity contribution is 5.91. The number of nitrogens with zero attached hydrogens (tertiary/aromatic N) is 5. The van der Waals surface area contributed by atoms with Crippen molar-refractivity contribution in [3.63, 3.8) is 0 Å². The van der Waals surface area contributed by atoms with Crippen LogP contribution in [0.2, 0.25) is 0 Å². The molecule has 0 bridgehead atoms. The Kier molecular flexibility index (Phi) is 7.84. The van der Waals surface area contributed by atoms with Crippen LogP contribution < -0.4 is 4.74 Å². The zero-order valence-corrected chi connectivity index (χ0v) is 20.8. The molecule has 0 aliphatic carbocycles. The molecule has 194 valence electrons. The van der Waals surface area contributed by atoms with E-state index in [0.29, 0.717) is 37.7 Å². The summed E-state index contributed by atoms with van der Waals surface area (Å²) >= 11 is 0. The normalized spacial score (nSPS) is 15.8. The molecule has 0 spiro atoms. The molecule has 1 atom stereocenters. The van der Waals surface area contributed by atoms with Crippen LogP contribution in [0.15, 0.2) is 91.5 Å². The molecule has 1 amide bonds. The summed E-state index contributed by atoms with van der Waals surface area (Å²) in [7, 11) is 0. The van der Waals surface area contributed by atoms with E-state index in [1.807, 2.05) is 30.3 Å². The maximum Gasteiger partial charge on any atom is 0.245 e. The maximum atomic E-state index is 13.6. The van der Waals surface area contributed by atoms with Gasteiger partial charge in [0.05, 0.1) is 0 Å². The molecule has 3 aromatic carbocycles. The van der Waals surface area contributed by atoms with Crippen LogP contribution in [0.25, 0.3) is 0 Å². The van der Waals surface area contributed by atoms with Crippen LogP contribution in [-0.2, 0) is 29.1 Å². The number of carbonyl (C=O) groups excluding carboxylic acids is 2. The molecular formula is C29H28FN5O3. The first-order chi connectivity index (χ1) is 18.5. The van der Waals surface area contributed by atoms with Crippen molar-refractivity contribution < 1.29 is 18.7 Å². The van der Waals surface area contributed by atoms with Gasteiger partial charge in [-0.25, -0.2) is 14.1 Å². The SMILES string of the molecule is O=C(Cc1ccc(Oc2ccc(F)cc2)cc1)[C@@H]1CN(Cc2ccccc2)CCN1C(=O)Cn1cncn1. The second-order valence-electron chi connectivity index (χ2n) is 9.26. The number of rotatable bonds is 9. The van der Waals surface area contributed by atoms with Crippen LogP contribution in [0, 0.1) is 5.82 Å². The summed E-state index contributed by atoms with van der Waals surface area (Å²) in [6.45, 7) is 2.35. The van der Waals surface area contributed by atoms with Gasteiger partial charge in [-0.3, -0.25) is 14.5 Å². The number of piperazine rings is 1. The van der Waals surface area contributed by atoms with E-state index in [1.165, 1.54) is 29.5 Å². The lowest BCUT2D eigenvalue weighted by Gasteiger charge is -2.40. The number of Topliss-reactive ketones (excluding diaryl/α,β-unsaturated/α-hetero) is 1. The Labute approximate surface area is 220 Å². The third-order valence-electron chi connectivity index (χ3n) is 6.52. The summed E-state index contributed by atoms with van der Waals surface area (Å²) in [5, 5.41) is 4.03. The highest BCUT2D eigenvalue weighted by Crippen LogP contribution is 2.23. The average molecular weight is 514 g/mol. The van der Waals surface area contributed by atoms with Gasteiger partial charge in [0.1, 0.15) is 42.6 Å². The third kappa shape index (κ3) is 6.49. The largest absolute Gasteiger partial charge is 0.457 e. The number of ketones is 1. The molecule has 38 heavy (non-hydrogen) atoms. The number of benzene rings is 3. The summed E-state index contributed by atoms with van der Waals surface area (Å²) in [6.07, 6.45) is 3.07. The highest BCUT2D eigenvalue weighted by Gasteiger charge is 2.35. The zero-order chi connectivity index (χ0) is 26.3. The standard InChI is InChI=1S/C29H28FN5O3/c30-24-8-12-26(13-9-24)38-25-10-6-22(7-11-25)16-28(36)27-18-33(17-23-4-2-1-3-5-23)14-15-35(27)29(37)19-34-21-31-20-32-34/h1-13,20-21,27H,14-19H2/t27-/m0/s1. The van der Waals surface area contributed by atoms with Gasteiger partial charge in [0.25, 0.3) is 0 Å². The van der Waals surface area contributed by atoms with Crippen molar-refractivity contribution in [2.45, 2.75) is 25.6 Å². The molecule has 1 saturated heterocycles. The Morgan fingerprint density at radius 1 is 0.895 bits per heavy atom. The number of amides is 1. The van der Waals surface area contributed by atoms with E-state index in [9.17, 15) is 14.0 Å².